The SMILES string of the molecule is O=C(Nc1ccccc1OC(F)F)C1CCCN(C(=O)c2ccc(Cl)cc2)C1. The second-order valence-corrected chi connectivity index (χ2v) is 6.90. The van der Waals surface area contributed by atoms with Gasteiger partial charge in [-0.3, -0.25) is 9.59 Å². The first-order chi connectivity index (χ1) is 13.4. The number of hydrogen-bond acceptors (Lipinski definition) is 3. The first-order valence-corrected chi connectivity index (χ1v) is 9.21. The van der Waals surface area contributed by atoms with Gasteiger partial charge in [-0.15, -0.1) is 0 Å². The molecule has 0 aromatic heterocycles. The Labute approximate surface area is 166 Å². The van der Waals surface area contributed by atoms with Crippen LogP contribution in [0.1, 0.15) is 23.2 Å². The lowest BCUT2D eigenvalue weighted by Gasteiger charge is -2.32. The number of nitrogens with zero attached hydrogens (tertiary/aromatic N) is 1. The van der Waals surface area contributed by atoms with Crippen LogP contribution >= 0.6 is 11.6 Å². The van der Waals surface area contributed by atoms with Crippen molar-refractivity contribution in [3.05, 3.63) is 59.1 Å². The van der Waals surface area contributed by atoms with E-state index in [4.69, 9.17) is 11.6 Å². The maximum Gasteiger partial charge on any atom is 0.387 e. The van der Waals surface area contributed by atoms with Crippen LogP contribution in [-0.4, -0.2) is 36.4 Å². The van der Waals surface area contributed by atoms with Gasteiger partial charge in [0.2, 0.25) is 5.91 Å². The van der Waals surface area contributed by atoms with Crippen molar-refractivity contribution in [2.45, 2.75) is 19.5 Å². The van der Waals surface area contributed by atoms with E-state index < -0.39 is 12.5 Å². The number of benzene rings is 2. The fourth-order valence-corrected chi connectivity index (χ4v) is 3.28. The number of halogens is 3. The van der Waals surface area contributed by atoms with Crippen LogP contribution in [0.4, 0.5) is 14.5 Å². The van der Waals surface area contributed by atoms with Crippen LogP contribution in [0.3, 0.4) is 0 Å². The van der Waals surface area contributed by atoms with Gasteiger partial charge in [0.1, 0.15) is 5.75 Å². The molecule has 148 valence electrons. The maximum atomic E-state index is 12.7. The van der Waals surface area contributed by atoms with E-state index in [0.29, 0.717) is 30.0 Å². The molecular weight excluding hydrogens is 390 g/mol. The molecule has 1 aliphatic rings. The van der Waals surface area contributed by atoms with E-state index in [1.54, 1.807) is 41.3 Å². The summed E-state index contributed by atoms with van der Waals surface area (Å²) in [5.74, 6) is -1.05. The lowest BCUT2D eigenvalue weighted by atomic mass is 9.96. The Hall–Kier alpha value is -2.67. The number of amides is 2. The summed E-state index contributed by atoms with van der Waals surface area (Å²) in [6, 6.07) is 12.6. The fourth-order valence-electron chi connectivity index (χ4n) is 3.15. The largest absolute Gasteiger partial charge is 0.433 e. The number of ether oxygens (including phenoxy) is 1. The third-order valence-electron chi connectivity index (χ3n) is 4.53. The zero-order valence-electron chi connectivity index (χ0n) is 14.9. The third kappa shape index (κ3) is 4.98. The molecule has 1 heterocycles. The summed E-state index contributed by atoms with van der Waals surface area (Å²) < 4.78 is 29.5. The molecular formula is C20H19ClF2N2O3. The lowest BCUT2D eigenvalue weighted by Crippen LogP contribution is -2.43. The van der Waals surface area contributed by atoms with Gasteiger partial charge in [-0.2, -0.15) is 8.78 Å². The predicted octanol–water partition coefficient (Wildman–Crippen LogP) is 4.43. The highest BCUT2D eigenvalue weighted by atomic mass is 35.5. The highest BCUT2D eigenvalue weighted by Crippen LogP contribution is 2.27. The summed E-state index contributed by atoms with van der Waals surface area (Å²) in [4.78, 5) is 26.9. The van der Waals surface area contributed by atoms with Crippen LogP contribution in [-0.2, 0) is 4.79 Å². The zero-order chi connectivity index (χ0) is 20.1. The van der Waals surface area contributed by atoms with Gasteiger partial charge in [-0.1, -0.05) is 23.7 Å². The van der Waals surface area contributed by atoms with Gasteiger partial charge in [0.15, 0.2) is 0 Å². The van der Waals surface area contributed by atoms with Crippen LogP contribution in [0.15, 0.2) is 48.5 Å². The van der Waals surface area contributed by atoms with Gasteiger partial charge in [-0.25, -0.2) is 0 Å². The molecule has 3 rings (SSSR count). The van der Waals surface area contributed by atoms with Gasteiger partial charge in [-0.05, 0) is 49.2 Å². The van der Waals surface area contributed by atoms with Crippen LogP contribution in [0.2, 0.25) is 5.02 Å². The molecule has 2 amide bonds. The van der Waals surface area contributed by atoms with Crippen molar-refractivity contribution in [2.75, 3.05) is 18.4 Å². The minimum Gasteiger partial charge on any atom is -0.433 e. The van der Waals surface area contributed by atoms with E-state index in [1.807, 2.05) is 0 Å². The highest BCUT2D eigenvalue weighted by molar-refractivity contribution is 6.30. The summed E-state index contributed by atoms with van der Waals surface area (Å²) in [7, 11) is 0. The van der Waals surface area contributed by atoms with Gasteiger partial charge in [0.05, 0.1) is 11.6 Å². The Kier molecular flexibility index (Phi) is 6.46. The number of likely N-dealkylation sites (tertiary alicyclic amines) is 1. The average Bonchev–Trinajstić information content (AvgIpc) is 2.69. The second-order valence-electron chi connectivity index (χ2n) is 6.46. The van der Waals surface area contributed by atoms with Crippen molar-refractivity contribution in [2.24, 2.45) is 5.92 Å². The minimum atomic E-state index is -2.99. The molecule has 0 radical (unpaired) electrons. The Balaban J connectivity index is 1.66. The molecule has 8 heteroatoms. The van der Waals surface area contributed by atoms with E-state index in [1.165, 1.54) is 12.1 Å². The standard InChI is InChI=1S/C20H19ClF2N2O3/c21-15-9-7-13(8-10-15)19(27)25-11-3-4-14(12-25)18(26)24-16-5-1-2-6-17(16)28-20(22)23/h1-2,5-10,14,20H,3-4,11-12H2,(H,24,26). The van der Waals surface area contributed by atoms with Gasteiger partial charge in [0, 0.05) is 23.7 Å². The zero-order valence-corrected chi connectivity index (χ0v) is 15.7. The maximum absolute atomic E-state index is 12.7. The Morgan fingerprint density at radius 1 is 1.14 bits per heavy atom. The molecule has 0 spiro atoms. The van der Waals surface area contributed by atoms with E-state index in [9.17, 15) is 18.4 Å². The highest BCUT2D eigenvalue weighted by Gasteiger charge is 2.29. The number of alkyl halides is 2. The molecule has 1 aliphatic heterocycles. The summed E-state index contributed by atoms with van der Waals surface area (Å²) in [6.45, 7) is -2.18. The number of para-hydroxylation sites is 2. The van der Waals surface area contributed by atoms with Crippen molar-refractivity contribution < 1.29 is 23.1 Å². The molecule has 1 saturated heterocycles. The lowest BCUT2D eigenvalue weighted by molar-refractivity contribution is -0.121. The van der Waals surface area contributed by atoms with Gasteiger partial charge in [0.25, 0.3) is 5.91 Å². The summed E-state index contributed by atoms with van der Waals surface area (Å²) >= 11 is 5.85. The molecule has 0 bridgehead atoms. The van der Waals surface area contributed by atoms with E-state index in [0.717, 1.165) is 0 Å². The fraction of sp³-hybridized carbons (Fsp3) is 0.300. The first kappa shape index (κ1) is 20.1. The van der Waals surface area contributed by atoms with E-state index >= 15 is 0 Å². The summed E-state index contributed by atoms with van der Waals surface area (Å²) in [6.07, 6.45) is 1.28. The Bertz CT molecular complexity index is 846. The van der Waals surface area contributed by atoms with Crippen LogP contribution in [0.5, 0.6) is 5.75 Å². The summed E-state index contributed by atoms with van der Waals surface area (Å²) in [5.41, 5.74) is 0.676. The quantitative estimate of drug-likeness (QED) is 0.796. The van der Waals surface area contributed by atoms with Crippen molar-refractivity contribution in [3.63, 3.8) is 0 Å². The Morgan fingerprint density at radius 3 is 2.57 bits per heavy atom. The second kappa shape index (κ2) is 9.01. The van der Waals surface area contributed by atoms with Crippen molar-refractivity contribution in [1.29, 1.82) is 0 Å². The average molecular weight is 409 g/mol. The molecule has 1 atom stereocenters. The molecule has 5 nitrogen and oxygen atoms in total. The smallest absolute Gasteiger partial charge is 0.387 e. The van der Waals surface area contributed by atoms with Crippen LogP contribution in [0.25, 0.3) is 0 Å². The normalized spacial score (nSPS) is 16.7. The molecule has 1 N–H and O–H groups in total. The topological polar surface area (TPSA) is 58.6 Å². The Morgan fingerprint density at radius 2 is 1.86 bits per heavy atom. The molecule has 1 fully saturated rings. The van der Waals surface area contributed by atoms with E-state index in [-0.39, 0.29) is 29.8 Å². The number of anilines is 1. The van der Waals surface area contributed by atoms with E-state index in [2.05, 4.69) is 10.1 Å². The van der Waals surface area contributed by atoms with Crippen LogP contribution in [0, 0.1) is 5.92 Å². The predicted molar refractivity (Wildman–Crippen MR) is 102 cm³/mol. The van der Waals surface area contributed by atoms with Crippen molar-refractivity contribution in [3.8, 4) is 5.75 Å². The molecule has 2 aromatic rings. The molecule has 0 saturated carbocycles. The molecule has 28 heavy (non-hydrogen) atoms. The number of piperidine rings is 1. The van der Waals surface area contributed by atoms with Crippen LogP contribution < -0.4 is 10.1 Å². The van der Waals surface area contributed by atoms with Gasteiger partial charge >= 0.3 is 6.61 Å². The summed E-state index contributed by atoms with van der Waals surface area (Å²) in [5, 5.41) is 3.18. The molecule has 1 unspecified atom stereocenters. The number of rotatable bonds is 5. The van der Waals surface area contributed by atoms with Crippen molar-refractivity contribution in [1.82, 2.24) is 4.90 Å². The number of nitrogens with one attached hydrogen (secondary N) is 1. The number of carbonyl (C=O) groups excluding carboxylic acids is 2. The number of hydrogen-bond donors (Lipinski definition) is 1. The number of carbonyl (C=O) groups is 2. The third-order valence-corrected chi connectivity index (χ3v) is 4.78. The molecule has 2 aromatic carbocycles. The van der Waals surface area contributed by atoms with Crippen molar-refractivity contribution >= 4 is 29.1 Å². The monoisotopic (exact) mass is 408 g/mol. The molecule has 0 aliphatic carbocycles. The first-order valence-electron chi connectivity index (χ1n) is 8.83. The van der Waals surface area contributed by atoms with Gasteiger partial charge < -0.3 is 15.0 Å². The minimum absolute atomic E-state index is 0.101.